The van der Waals surface area contributed by atoms with Gasteiger partial charge in [0.25, 0.3) is 0 Å². The number of aryl methyl sites for hydroxylation is 1. The fourth-order valence-electron chi connectivity index (χ4n) is 3.98. The van der Waals surface area contributed by atoms with Gasteiger partial charge < -0.3 is 24.9 Å². The Kier molecular flexibility index (Phi) is 11.3. The molecular weight excluding hydrogens is 458 g/mol. The van der Waals surface area contributed by atoms with Crippen molar-refractivity contribution in [3.8, 4) is 19.0 Å². The highest BCUT2D eigenvalue weighted by molar-refractivity contribution is 5.86. The van der Waals surface area contributed by atoms with Crippen LogP contribution in [0.2, 0.25) is 0 Å². The predicted molar refractivity (Wildman–Crippen MR) is 140 cm³/mol. The van der Waals surface area contributed by atoms with E-state index in [4.69, 9.17) is 15.4 Å². The van der Waals surface area contributed by atoms with E-state index in [9.17, 15) is 9.59 Å². The van der Waals surface area contributed by atoms with Crippen molar-refractivity contribution in [2.24, 2.45) is 10.7 Å². The highest BCUT2D eigenvalue weighted by Crippen LogP contribution is 2.24. The molecule has 0 unspecified atom stereocenters. The smallest absolute Gasteiger partial charge is 0.242 e. The number of nitriles is 1. The van der Waals surface area contributed by atoms with Gasteiger partial charge in [0.2, 0.25) is 17.8 Å². The van der Waals surface area contributed by atoms with E-state index in [1.54, 1.807) is 17.2 Å². The number of piperazine rings is 1. The van der Waals surface area contributed by atoms with E-state index in [1.807, 2.05) is 30.0 Å². The van der Waals surface area contributed by atoms with Crippen LogP contribution in [0.3, 0.4) is 0 Å². The third-order valence-electron chi connectivity index (χ3n) is 5.91. The first-order valence-electron chi connectivity index (χ1n) is 11.9. The minimum absolute atomic E-state index is 0.0714. The van der Waals surface area contributed by atoms with Crippen molar-refractivity contribution in [2.75, 3.05) is 46.3 Å². The standard InChI is InChI=1S/C13H23N3O2.C11H10N4O.C2H2/c1-14-7-9-15(10-8-14)13(18)11-16-6-4-2-3-5-12(16)17;1-7-4-8-5-9(2-3-10(8)16-7)15-11(13)14-6-12;1-2/h2-11H2,1H3;2-5H,1H3,(H3,13,14,15);1-2H. The maximum Gasteiger partial charge on any atom is 0.242 e. The summed E-state index contributed by atoms with van der Waals surface area (Å²) < 4.78 is 5.43. The van der Waals surface area contributed by atoms with Gasteiger partial charge in [-0.1, -0.05) is 6.42 Å². The van der Waals surface area contributed by atoms with Gasteiger partial charge in [0.05, 0.1) is 12.2 Å². The Balaban J connectivity index is 0.000000239. The van der Waals surface area contributed by atoms with Gasteiger partial charge in [0.1, 0.15) is 11.3 Å². The van der Waals surface area contributed by atoms with Crippen LogP contribution in [-0.4, -0.2) is 78.8 Å². The van der Waals surface area contributed by atoms with Crippen LogP contribution in [0.25, 0.3) is 11.0 Å². The minimum Gasteiger partial charge on any atom is -0.461 e. The second-order valence-corrected chi connectivity index (χ2v) is 8.62. The molecule has 2 aliphatic heterocycles. The zero-order valence-corrected chi connectivity index (χ0v) is 21.1. The van der Waals surface area contributed by atoms with Crippen LogP contribution in [-0.2, 0) is 9.59 Å². The molecule has 10 heteroatoms. The Hall–Kier alpha value is -4.02. The molecule has 10 nitrogen and oxygen atoms in total. The summed E-state index contributed by atoms with van der Waals surface area (Å²) in [6.07, 6.45) is 13.4. The Morgan fingerprint density at radius 1 is 1.17 bits per heavy atom. The molecule has 0 aliphatic carbocycles. The molecule has 2 aliphatic rings. The first-order chi connectivity index (χ1) is 17.4. The lowest BCUT2D eigenvalue weighted by atomic mass is 10.2. The molecule has 2 aromatic rings. The summed E-state index contributed by atoms with van der Waals surface area (Å²) in [5, 5.41) is 11.6. The van der Waals surface area contributed by atoms with Crippen molar-refractivity contribution in [2.45, 2.75) is 32.6 Å². The molecule has 2 fully saturated rings. The van der Waals surface area contributed by atoms with E-state index in [0.717, 1.165) is 68.7 Å². The zero-order chi connectivity index (χ0) is 26.5. The van der Waals surface area contributed by atoms with Gasteiger partial charge in [-0.05, 0) is 51.1 Å². The second kappa shape index (κ2) is 14.4. The summed E-state index contributed by atoms with van der Waals surface area (Å²) in [5.74, 6) is 1.18. The number of aliphatic imine (C=N–C) groups is 1. The average Bonchev–Trinajstić information content (AvgIpc) is 3.12. The monoisotopic (exact) mass is 493 g/mol. The lowest BCUT2D eigenvalue weighted by Crippen LogP contribution is -2.50. The maximum absolute atomic E-state index is 12.1. The molecule has 192 valence electrons. The first-order valence-corrected chi connectivity index (χ1v) is 11.9. The number of terminal acetylenes is 1. The number of nitrogens with two attached hydrogens (primary N) is 1. The summed E-state index contributed by atoms with van der Waals surface area (Å²) in [6, 6.07) is 7.36. The largest absolute Gasteiger partial charge is 0.461 e. The number of nitrogens with zero attached hydrogens (tertiary/aromatic N) is 5. The molecule has 0 bridgehead atoms. The Morgan fingerprint density at radius 2 is 1.89 bits per heavy atom. The number of likely N-dealkylation sites (tertiary alicyclic amines) is 1. The van der Waals surface area contributed by atoms with Crippen molar-refractivity contribution in [3.63, 3.8) is 0 Å². The third-order valence-corrected chi connectivity index (χ3v) is 5.91. The molecular formula is C26H35N7O3. The number of furan rings is 1. The van der Waals surface area contributed by atoms with Crippen LogP contribution in [0.5, 0.6) is 0 Å². The Morgan fingerprint density at radius 3 is 2.58 bits per heavy atom. The van der Waals surface area contributed by atoms with Crippen LogP contribution in [0.1, 0.15) is 31.4 Å². The van der Waals surface area contributed by atoms with Gasteiger partial charge in [0.15, 0.2) is 6.19 Å². The Bertz CT molecular complexity index is 1110. The van der Waals surface area contributed by atoms with Crippen LogP contribution in [0.4, 0.5) is 5.69 Å². The molecule has 4 rings (SSSR count). The van der Waals surface area contributed by atoms with Gasteiger partial charge in [-0.2, -0.15) is 5.26 Å². The third kappa shape index (κ3) is 8.64. The number of benzene rings is 1. The fourth-order valence-corrected chi connectivity index (χ4v) is 3.98. The highest BCUT2D eigenvalue weighted by Gasteiger charge is 2.24. The molecule has 2 saturated heterocycles. The van der Waals surface area contributed by atoms with E-state index in [2.05, 4.69) is 35.1 Å². The maximum atomic E-state index is 12.1. The number of hydrogen-bond acceptors (Lipinski definition) is 6. The normalized spacial score (nSPS) is 16.6. The van der Waals surface area contributed by atoms with Gasteiger partial charge in [-0.3, -0.25) is 14.9 Å². The average molecular weight is 494 g/mol. The number of rotatable bonds is 3. The van der Waals surface area contributed by atoms with E-state index in [1.165, 1.54) is 0 Å². The highest BCUT2D eigenvalue weighted by atomic mass is 16.3. The molecule has 0 radical (unpaired) electrons. The molecule has 3 heterocycles. The number of carbonyl (C=O) groups is 2. The lowest BCUT2D eigenvalue weighted by Gasteiger charge is -2.33. The number of carbonyl (C=O) groups excluding carboxylic acids is 2. The molecule has 2 amide bonds. The van der Waals surface area contributed by atoms with E-state index < -0.39 is 0 Å². The zero-order valence-electron chi connectivity index (χ0n) is 21.1. The summed E-state index contributed by atoms with van der Waals surface area (Å²) >= 11 is 0. The van der Waals surface area contributed by atoms with Crippen LogP contribution in [0.15, 0.2) is 33.7 Å². The molecule has 0 atom stereocenters. The van der Waals surface area contributed by atoms with Crippen molar-refractivity contribution >= 4 is 34.4 Å². The van der Waals surface area contributed by atoms with Gasteiger partial charge in [-0.15, -0.1) is 12.8 Å². The summed E-state index contributed by atoms with van der Waals surface area (Å²) in [6.45, 7) is 6.35. The number of likely N-dealkylation sites (N-methyl/N-ethyl adjacent to an activating group) is 1. The molecule has 36 heavy (non-hydrogen) atoms. The van der Waals surface area contributed by atoms with Crippen molar-refractivity contribution in [1.29, 1.82) is 5.26 Å². The molecule has 1 aromatic carbocycles. The minimum atomic E-state index is 0.0714. The van der Waals surface area contributed by atoms with E-state index in [0.29, 0.717) is 12.1 Å². The van der Waals surface area contributed by atoms with Crippen LogP contribution in [0, 0.1) is 31.2 Å². The number of hydrogen-bond donors (Lipinski definition) is 2. The van der Waals surface area contributed by atoms with E-state index in [-0.39, 0.29) is 24.3 Å². The molecule has 0 spiro atoms. The number of amides is 2. The van der Waals surface area contributed by atoms with Crippen LogP contribution >= 0.6 is 0 Å². The topological polar surface area (TPSA) is 131 Å². The summed E-state index contributed by atoms with van der Waals surface area (Å²) in [7, 11) is 2.07. The number of nitrogens with one attached hydrogen (secondary N) is 1. The quantitative estimate of drug-likeness (QED) is 0.220. The summed E-state index contributed by atoms with van der Waals surface area (Å²) in [5.41, 5.74) is 6.94. The van der Waals surface area contributed by atoms with Crippen LogP contribution < -0.4 is 11.1 Å². The molecule has 3 N–H and O–H groups in total. The molecule has 0 saturated carbocycles. The van der Waals surface area contributed by atoms with Gasteiger partial charge in [0, 0.05) is 44.5 Å². The number of fused-ring (bicyclic) bond motifs is 1. The lowest BCUT2D eigenvalue weighted by molar-refractivity contribution is -0.141. The van der Waals surface area contributed by atoms with Crippen molar-refractivity contribution < 1.29 is 14.0 Å². The van der Waals surface area contributed by atoms with Crippen molar-refractivity contribution in [3.05, 3.63) is 30.0 Å². The predicted octanol–water partition coefficient (Wildman–Crippen LogP) is 2.17. The fraction of sp³-hybridized carbons (Fsp3) is 0.462. The SMILES string of the molecule is C#C.CN1CCN(C(=O)CN2CCCCCC2=O)CC1.Cc1cc2cc(N=C(N)NC#N)ccc2o1. The van der Waals surface area contributed by atoms with Crippen molar-refractivity contribution in [1.82, 2.24) is 20.0 Å². The molecule has 1 aromatic heterocycles. The Labute approximate surface area is 212 Å². The summed E-state index contributed by atoms with van der Waals surface area (Å²) in [4.78, 5) is 33.9. The first kappa shape index (κ1) is 28.2. The van der Waals surface area contributed by atoms with E-state index >= 15 is 0 Å². The number of guanidine groups is 1. The van der Waals surface area contributed by atoms with Gasteiger partial charge in [-0.25, -0.2) is 4.99 Å². The van der Waals surface area contributed by atoms with Gasteiger partial charge >= 0.3 is 0 Å². The second-order valence-electron chi connectivity index (χ2n) is 8.62.